The fourth-order valence-corrected chi connectivity index (χ4v) is 2.56. The van der Waals surface area contributed by atoms with Gasteiger partial charge in [-0.25, -0.2) is 15.0 Å². The van der Waals surface area contributed by atoms with Crippen LogP contribution in [0, 0.1) is 0 Å². The number of piperazine rings is 1. The minimum atomic E-state index is -0.219. The molecule has 1 saturated heterocycles. The normalized spacial score (nSPS) is 14.4. The Morgan fingerprint density at radius 2 is 1.75 bits per heavy atom. The van der Waals surface area contributed by atoms with Crippen LogP contribution in [-0.2, 0) is 4.79 Å². The molecule has 2 aromatic heterocycles. The van der Waals surface area contributed by atoms with E-state index in [1.165, 1.54) is 13.1 Å². The van der Waals surface area contributed by atoms with Gasteiger partial charge in [-0.3, -0.25) is 9.59 Å². The number of hydrogen-bond acceptors (Lipinski definition) is 6. The quantitative estimate of drug-likeness (QED) is 0.897. The first-order valence-electron chi connectivity index (χ1n) is 7.68. The molecule has 0 unspecified atom stereocenters. The average molecular weight is 326 g/mol. The Labute approximate surface area is 139 Å². The van der Waals surface area contributed by atoms with Gasteiger partial charge in [0, 0.05) is 57.3 Å². The third-order valence-electron chi connectivity index (χ3n) is 3.71. The van der Waals surface area contributed by atoms with Crippen molar-refractivity contribution in [3.8, 4) is 0 Å². The summed E-state index contributed by atoms with van der Waals surface area (Å²) in [6.07, 6.45) is 4.94. The van der Waals surface area contributed by atoms with Gasteiger partial charge in [-0.05, 0) is 18.2 Å². The standard InChI is InChI=1S/C16H18N6O2/c1-12(23)20-14-11-13(3-6-17-14)15(24)21-7-9-22(10-8-21)16-18-4-2-5-19-16/h2-6,11H,7-10H2,1H3,(H,17,20,23). The van der Waals surface area contributed by atoms with Gasteiger partial charge in [-0.2, -0.15) is 0 Å². The number of amides is 2. The van der Waals surface area contributed by atoms with Crippen molar-refractivity contribution in [2.24, 2.45) is 0 Å². The number of aromatic nitrogens is 3. The van der Waals surface area contributed by atoms with Gasteiger partial charge in [0.05, 0.1) is 0 Å². The van der Waals surface area contributed by atoms with Crippen LogP contribution >= 0.6 is 0 Å². The Kier molecular flexibility index (Phi) is 4.64. The number of carbonyl (C=O) groups excluding carboxylic acids is 2. The SMILES string of the molecule is CC(=O)Nc1cc(C(=O)N2CCN(c3ncccn3)CC2)ccn1. The molecule has 1 aliphatic rings. The summed E-state index contributed by atoms with van der Waals surface area (Å²) in [6.45, 7) is 3.95. The van der Waals surface area contributed by atoms with Gasteiger partial charge in [0.25, 0.3) is 5.91 Å². The van der Waals surface area contributed by atoms with E-state index >= 15 is 0 Å². The maximum Gasteiger partial charge on any atom is 0.254 e. The second-order valence-corrected chi connectivity index (χ2v) is 5.44. The molecule has 8 heteroatoms. The molecule has 0 bridgehead atoms. The van der Waals surface area contributed by atoms with Crippen molar-refractivity contribution >= 4 is 23.6 Å². The van der Waals surface area contributed by atoms with Crippen LogP contribution in [0.5, 0.6) is 0 Å². The van der Waals surface area contributed by atoms with Gasteiger partial charge >= 0.3 is 0 Å². The smallest absolute Gasteiger partial charge is 0.254 e. The fraction of sp³-hybridized carbons (Fsp3) is 0.312. The van der Waals surface area contributed by atoms with E-state index in [9.17, 15) is 9.59 Å². The van der Waals surface area contributed by atoms with Crippen LogP contribution in [0.2, 0.25) is 0 Å². The van der Waals surface area contributed by atoms with Gasteiger partial charge in [0.2, 0.25) is 11.9 Å². The van der Waals surface area contributed by atoms with E-state index < -0.39 is 0 Å². The van der Waals surface area contributed by atoms with Crippen molar-refractivity contribution in [3.63, 3.8) is 0 Å². The van der Waals surface area contributed by atoms with Gasteiger partial charge in [-0.15, -0.1) is 0 Å². The number of carbonyl (C=O) groups is 2. The van der Waals surface area contributed by atoms with Crippen molar-refractivity contribution in [1.29, 1.82) is 0 Å². The zero-order chi connectivity index (χ0) is 16.9. The van der Waals surface area contributed by atoms with Gasteiger partial charge in [0.15, 0.2) is 0 Å². The van der Waals surface area contributed by atoms with Crippen LogP contribution in [0.4, 0.5) is 11.8 Å². The van der Waals surface area contributed by atoms with Crippen LogP contribution in [0.25, 0.3) is 0 Å². The summed E-state index contributed by atoms with van der Waals surface area (Å²) in [4.78, 5) is 40.1. The van der Waals surface area contributed by atoms with E-state index in [-0.39, 0.29) is 11.8 Å². The molecule has 1 N–H and O–H groups in total. The highest BCUT2D eigenvalue weighted by atomic mass is 16.2. The third-order valence-corrected chi connectivity index (χ3v) is 3.71. The number of hydrogen-bond donors (Lipinski definition) is 1. The predicted octanol–water partition coefficient (Wildman–Crippen LogP) is 0.792. The Balaban J connectivity index is 1.64. The van der Waals surface area contributed by atoms with Gasteiger partial charge < -0.3 is 15.1 Å². The monoisotopic (exact) mass is 326 g/mol. The van der Waals surface area contributed by atoms with Crippen molar-refractivity contribution in [3.05, 3.63) is 42.4 Å². The zero-order valence-corrected chi connectivity index (χ0v) is 13.3. The van der Waals surface area contributed by atoms with E-state index in [0.717, 1.165) is 0 Å². The minimum absolute atomic E-state index is 0.0716. The van der Waals surface area contributed by atoms with Crippen LogP contribution in [0.1, 0.15) is 17.3 Å². The van der Waals surface area contributed by atoms with Crippen molar-refractivity contribution in [2.45, 2.75) is 6.92 Å². The van der Waals surface area contributed by atoms with Gasteiger partial charge in [-0.1, -0.05) is 0 Å². The Morgan fingerprint density at radius 3 is 2.42 bits per heavy atom. The summed E-state index contributed by atoms with van der Waals surface area (Å²) in [7, 11) is 0. The molecule has 0 spiro atoms. The van der Waals surface area contributed by atoms with E-state index in [4.69, 9.17) is 0 Å². The molecule has 0 saturated carbocycles. The number of anilines is 2. The maximum atomic E-state index is 12.6. The lowest BCUT2D eigenvalue weighted by atomic mass is 10.2. The summed E-state index contributed by atoms with van der Waals surface area (Å²) < 4.78 is 0. The number of rotatable bonds is 3. The second-order valence-electron chi connectivity index (χ2n) is 5.44. The lowest BCUT2D eigenvalue weighted by Crippen LogP contribution is -2.49. The number of nitrogens with one attached hydrogen (secondary N) is 1. The lowest BCUT2D eigenvalue weighted by Gasteiger charge is -2.34. The fourth-order valence-electron chi connectivity index (χ4n) is 2.56. The molecule has 0 aromatic carbocycles. The van der Waals surface area contributed by atoms with Crippen molar-refractivity contribution < 1.29 is 9.59 Å². The number of nitrogens with zero attached hydrogens (tertiary/aromatic N) is 5. The molecule has 0 radical (unpaired) electrons. The third kappa shape index (κ3) is 3.65. The molecule has 0 aliphatic carbocycles. The molecule has 3 heterocycles. The predicted molar refractivity (Wildman–Crippen MR) is 88.7 cm³/mol. The Morgan fingerprint density at radius 1 is 1.04 bits per heavy atom. The lowest BCUT2D eigenvalue weighted by molar-refractivity contribution is -0.114. The molecule has 8 nitrogen and oxygen atoms in total. The van der Waals surface area contributed by atoms with Crippen LogP contribution in [0.15, 0.2) is 36.8 Å². The zero-order valence-electron chi connectivity index (χ0n) is 13.3. The number of pyridine rings is 1. The largest absolute Gasteiger partial charge is 0.337 e. The summed E-state index contributed by atoms with van der Waals surface area (Å²) >= 11 is 0. The van der Waals surface area contributed by atoms with Crippen LogP contribution in [-0.4, -0.2) is 57.8 Å². The van der Waals surface area contributed by atoms with E-state index in [2.05, 4.69) is 25.2 Å². The minimum Gasteiger partial charge on any atom is -0.337 e. The molecule has 0 atom stereocenters. The first-order chi connectivity index (χ1) is 11.6. The Hall–Kier alpha value is -3.03. The van der Waals surface area contributed by atoms with E-state index in [1.54, 1.807) is 35.5 Å². The molecular formula is C16H18N6O2. The molecule has 2 aromatic rings. The summed E-state index contributed by atoms with van der Waals surface area (Å²) in [5, 5.41) is 2.59. The molecule has 1 aliphatic heterocycles. The average Bonchev–Trinajstić information content (AvgIpc) is 2.62. The molecule has 1 fully saturated rings. The molecule has 3 rings (SSSR count). The summed E-state index contributed by atoms with van der Waals surface area (Å²) in [5.41, 5.74) is 0.512. The Bertz CT molecular complexity index is 728. The highest BCUT2D eigenvalue weighted by Gasteiger charge is 2.23. The highest BCUT2D eigenvalue weighted by Crippen LogP contribution is 2.14. The van der Waals surface area contributed by atoms with Crippen molar-refractivity contribution in [1.82, 2.24) is 19.9 Å². The first kappa shape index (κ1) is 15.9. The van der Waals surface area contributed by atoms with E-state index in [1.807, 2.05) is 0 Å². The summed E-state index contributed by atoms with van der Waals surface area (Å²) in [5.74, 6) is 0.771. The molecule has 2 amide bonds. The maximum absolute atomic E-state index is 12.6. The van der Waals surface area contributed by atoms with Gasteiger partial charge in [0.1, 0.15) is 5.82 Å². The first-order valence-corrected chi connectivity index (χ1v) is 7.68. The second kappa shape index (κ2) is 7.03. The van der Waals surface area contributed by atoms with E-state index in [0.29, 0.717) is 43.5 Å². The topological polar surface area (TPSA) is 91.3 Å². The molecular weight excluding hydrogens is 308 g/mol. The summed E-state index contributed by atoms with van der Waals surface area (Å²) in [6, 6.07) is 5.02. The molecule has 24 heavy (non-hydrogen) atoms. The van der Waals surface area contributed by atoms with Crippen LogP contribution in [0.3, 0.4) is 0 Å². The van der Waals surface area contributed by atoms with Crippen molar-refractivity contribution in [2.75, 3.05) is 36.4 Å². The highest BCUT2D eigenvalue weighted by molar-refractivity contribution is 5.96. The van der Waals surface area contributed by atoms with Crippen LogP contribution < -0.4 is 10.2 Å². The molecule has 124 valence electrons.